The van der Waals surface area contributed by atoms with Gasteiger partial charge in [0.15, 0.2) is 5.75 Å². The van der Waals surface area contributed by atoms with Crippen molar-refractivity contribution < 1.29 is 14.4 Å². The van der Waals surface area contributed by atoms with Gasteiger partial charge in [0.1, 0.15) is 0 Å². The first-order valence-electron chi connectivity index (χ1n) is 13.4. The van der Waals surface area contributed by atoms with E-state index in [2.05, 4.69) is 40.0 Å². The number of hydrogen-bond donors (Lipinski definition) is 2. The predicted molar refractivity (Wildman–Crippen MR) is 160 cm³/mol. The van der Waals surface area contributed by atoms with E-state index in [9.17, 15) is 9.59 Å². The molecule has 0 aliphatic carbocycles. The molecule has 9 heteroatoms. The molecule has 40 heavy (non-hydrogen) atoms. The van der Waals surface area contributed by atoms with Crippen LogP contribution >= 0.6 is 23.2 Å². The van der Waals surface area contributed by atoms with E-state index in [1.165, 1.54) is 19.8 Å². The van der Waals surface area contributed by atoms with Gasteiger partial charge in [-0.2, -0.15) is 0 Å². The number of likely N-dealkylation sites (tertiary alicyclic amines) is 1. The van der Waals surface area contributed by atoms with Crippen LogP contribution < -0.4 is 15.6 Å². The van der Waals surface area contributed by atoms with Crippen LogP contribution in [-0.4, -0.2) is 48.3 Å². The molecule has 2 aliphatic heterocycles. The number of nitrogens with zero attached hydrogens (tertiary/aromatic N) is 2. The molecule has 0 spiro atoms. The summed E-state index contributed by atoms with van der Waals surface area (Å²) in [5.41, 5.74) is 8.17. The highest BCUT2D eigenvalue weighted by Gasteiger charge is 2.28. The van der Waals surface area contributed by atoms with Crippen molar-refractivity contribution in [2.24, 2.45) is 0 Å². The zero-order valence-electron chi connectivity index (χ0n) is 22.5. The maximum absolute atomic E-state index is 13.7. The molecule has 0 aromatic heterocycles. The van der Waals surface area contributed by atoms with Crippen molar-refractivity contribution in [3.05, 3.63) is 88.0 Å². The van der Waals surface area contributed by atoms with Crippen molar-refractivity contribution in [3.63, 3.8) is 0 Å². The summed E-state index contributed by atoms with van der Waals surface area (Å²) in [5.74, 6) is 0.421. The van der Waals surface area contributed by atoms with Crippen LogP contribution in [0.25, 0.3) is 16.7 Å². The number of halogens is 2. The molecule has 2 heterocycles. The molecule has 1 saturated heterocycles. The Hall–Kier alpha value is -3.52. The summed E-state index contributed by atoms with van der Waals surface area (Å²) < 4.78 is 0. The number of carbonyl (C=O) groups is 2. The van der Waals surface area contributed by atoms with E-state index in [4.69, 9.17) is 28.0 Å². The third-order valence-corrected chi connectivity index (χ3v) is 8.14. The average Bonchev–Trinajstić information content (AvgIpc) is 3.46. The summed E-state index contributed by atoms with van der Waals surface area (Å²) in [6.45, 7) is 4.33. The number of nitrogens with one attached hydrogen (secondary N) is 2. The van der Waals surface area contributed by atoms with Gasteiger partial charge in [0.2, 0.25) is 11.8 Å². The fourth-order valence-corrected chi connectivity index (χ4v) is 5.57. The Balaban J connectivity index is 1.37. The minimum absolute atomic E-state index is 0.0109. The highest BCUT2D eigenvalue weighted by Crippen LogP contribution is 2.38. The van der Waals surface area contributed by atoms with Gasteiger partial charge >= 0.3 is 0 Å². The van der Waals surface area contributed by atoms with Gasteiger partial charge in [0.05, 0.1) is 22.5 Å². The first kappa shape index (κ1) is 28.0. The number of anilines is 1. The second-order valence-electron chi connectivity index (χ2n) is 10.2. The molecule has 0 bridgehead atoms. The van der Waals surface area contributed by atoms with E-state index in [1.807, 2.05) is 36.2 Å². The molecule has 1 unspecified atom stereocenters. The monoisotopic (exact) mass is 578 g/mol. The smallest absolute Gasteiger partial charge is 0.227 e. The molecule has 2 N–H and O–H groups in total. The van der Waals surface area contributed by atoms with Crippen LogP contribution in [0.15, 0.2) is 66.9 Å². The lowest BCUT2D eigenvalue weighted by atomic mass is 9.98. The Morgan fingerprint density at radius 3 is 2.48 bits per heavy atom. The Bertz CT molecular complexity index is 1430. The van der Waals surface area contributed by atoms with Gasteiger partial charge in [-0.05, 0) is 66.4 Å². The van der Waals surface area contributed by atoms with Crippen molar-refractivity contribution in [2.75, 3.05) is 32.0 Å². The van der Waals surface area contributed by atoms with Crippen LogP contribution in [0.1, 0.15) is 43.4 Å². The number of benzene rings is 3. The van der Waals surface area contributed by atoms with E-state index in [0.29, 0.717) is 15.8 Å². The summed E-state index contributed by atoms with van der Waals surface area (Å²) in [4.78, 5) is 34.9. The lowest BCUT2D eigenvalue weighted by Crippen LogP contribution is -2.38. The number of hydrogen-bond acceptors (Lipinski definition) is 5. The molecule has 0 radical (unpaired) electrons. The Morgan fingerprint density at radius 1 is 1.02 bits per heavy atom. The van der Waals surface area contributed by atoms with E-state index >= 15 is 0 Å². The second kappa shape index (κ2) is 12.3. The van der Waals surface area contributed by atoms with Gasteiger partial charge in [0.25, 0.3) is 0 Å². The molecule has 208 valence electrons. The summed E-state index contributed by atoms with van der Waals surface area (Å²) in [6, 6.07) is 19.4. The molecular formula is C31H32Cl2N4O3. The lowest BCUT2D eigenvalue weighted by Gasteiger charge is -2.33. The molecule has 3 aromatic carbocycles. The summed E-state index contributed by atoms with van der Waals surface area (Å²) in [5, 5.41) is 3.64. The number of amides is 2. The van der Waals surface area contributed by atoms with Crippen molar-refractivity contribution in [2.45, 2.75) is 32.2 Å². The Kier molecular flexibility index (Phi) is 8.64. The number of likely N-dealkylation sites (N-methyl/N-ethyl adjacent to an activating group) is 1. The summed E-state index contributed by atoms with van der Waals surface area (Å²) in [7, 11) is 1.87. The first-order chi connectivity index (χ1) is 19.3. The van der Waals surface area contributed by atoms with Crippen LogP contribution in [0.3, 0.4) is 0 Å². The van der Waals surface area contributed by atoms with Crippen LogP contribution in [0, 0.1) is 0 Å². The van der Waals surface area contributed by atoms with E-state index in [1.54, 1.807) is 18.3 Å². The molecule has 3 aromatic rings. The van der Waals surface area contributed by atoms with E-state index in [-0.39, 0.29) is 24.3 Å². The molecule has 1 atom stereocenters. The summed E-state index contributed by atoms with van der Waals surface area (Å²) >= 11 is 12.4. The van der Waals surface area contributed by atoms with Crippen LogP contribution in [0.5, 0.6) is 5.75 Å². The van der Waals surface area contributed by atoms with Crippen molar-refractivity contribution in [1.29, 1.82) is 0 Å². The highest BCUT2D eigenvalue weighted by atomic mass is 35.5. The average molecular weight is 580 g/mol. The van der Waals surface area contributed by atoms with Gasteiger partial charge in [-0.1, -0.05) is 59.6 Å². The van der Waals surface area contributed by atoms with Gasteiger partial charge < -0.3 is 20.0 Å². The topological polar surface area (TPSA) is 73.9 Å². The maximum Gasteiger partial charge on any atom is 0.227 e. The molecule has 2 aliphatic rings. The zero-order valence-corrected chi connectivity index (χ0v) is 24.1. The highest BCUT2D eigenvalue weighted by molar-refractivity contribution is 6.42. The zero-order chi connectivity index (χ0) is 28.2. The third-order valence-electron chi connectivity index (χ3n) is 7.41. The van der Waals surface area contributed by atoms with Crippen molar-refractivity contribution >= 4 is 46.3 Å². The Labute approximate surface area is 244 Å². The van der Waals surface area contributed by atoms with Crippen molar-refractivity contribution in [1.82, 2.24) is 15.3 Å². The number of rotatable bonds is 8. The molecule has 1 fully saturated rings. The minimum Gasteiger partial charge on any atom is -0.382 e. The second-order valence-corrected chi connectivity index (χ2v) is 11.1. The quantitative estimate of drug-likeness (QED) is 0.317. The van der Waals surface area contributed by atoms with Gasteiger partial charge in [0, 0.05) is 44.0 Å². The number of hydroxylamine groups is 1. The number of carbonyl (C=O) groups excluding carboxylic acids is 2. The predicted octanol–water partition coefficient (Wildman–Crippen LogP) is 6.54. The Morgan fingerprint density at radius 2 is 1.75 bits per heavy atom. The molecule has 2 amide bonds. The maximum atomic E-state index is 13.7. The van der Waals surface area contributed by atoms with Crippen LogP contribution in [0.2, 0.25) is 10.0 Å². The SMILES string of the molecule is CC(=O)Nc1cccc(-c2ccc(C(CN3CCCC3)N(C)C(=O)CC3=CNOc4cc(Cl)c(Cl)cc43)cc2)c1. The largest absolute Gasteiger partial charge is 0.382 e. The van der Waals surface area contributed by atoms with Gasteiger partial charge in [-0.25, -0.2) is 5.48 Å². The standard InChI is InChI=1S/C31H32Cl2N4O3/c1-20(38)35-25-7-5-6-23(14-25)21-8-10-22(11-9-21)29(19-37-12-3-4-13-37)36(2)31(39)15-24-18-34-40-30-17-28(33)27(32)16-26(24)30/h5-11,14,16-18,29,34H,3-4,12-13,15,19H2,1-2H3,(H,35,38). The molecule has 7 nitrogen and oxygen atoms in total. The molecule has 5 rings (SSSR count). The minimum atomic E-state index is -0.118. The van der Waals surface area contributed by atoms with Gasteiger partial charge in [-0.3, -0.25) is 9.59 Å². The fraction of sp³-hybridized carbons (Fsp3) is 0.290. The van der Waals surface area contributed by atoms with E-state index < -0.39 is 0 Å². The normalized spacial score (nSPS) is 15.3. The molecular weight excluding hydrogens is 547 g/mol. The number of fused-ring (bicyclic) bond motifs is 1. The van der Waals surface area contributed by atoms with Crippen molar-refractivity contribution in [3.8, 4) is 16.9 Å². The molecule has 0 saturated carbocycles. The lowest BCUT2D eigenvalue weighted by molar-refractivity contribution is -0.131. The van der Waals surface area contributed by atoms with Crippen LogP contribution in [0.4, 0.5) is 5.69 Å². The van der Waals surface area contributed by atoms with Crippen LogP contribution in [-0.2, 0) is 9.59 Å². The first-order valence-corrected chi connectivity index (χ1v) is 14.1. The van der Waals surface area contributed by atoms with Gasteiger partial charge in [-0.15, -0.1) is 0 Å². The fourth-order valence-electron chi connectivity index (χ4n) is 5.25. The van der Waals surface area contributed by atoms with E-state index in [0.717, 1.165) is 53.1 Å². The summed E-state index contributed by atoms with van der Waals surface area (Å²) in [6.07, 6.45) is 4.22. The third kappa shape index (κ3) is 6.44.